The highest BCUT2D eigenvalue weighted by Gasteiger charge is 2.34. The third kappa shape index (κ3) is 5.70. The zero-order chi connectivity index (χ0) is 18.6. The number of hydrogen-bond donors (Lipinski definition) is 2. The molecule has 28 heavy (non-hydrogen) atoms. The predicted octanol–water partition coefficient (Wildman–Crippen LogP) is 1.35. The third-order valence-electron chi connectivity index (χ3n) is 5.94. The highest BCUT2D eigenvalue weighted by atomic mass is 127. The second-order valence-corrected chi connectivity index (χ2v) is 8.09. The summed E-state index contributed by atoms with van der Waals surface area (Å²) in [5.41, 5.74) is 1.24. The molecule has 1 atom stereocenters. The van der Waals surface area contributed by atoms with Crippen LogP contribution in [0, 0.1) is 0 Å². The van der Waals surface area contributed by atoms with E-state index in [0.29, 0.717) is 6.04 Å². The number of hydrogen-bond acceptors (Lipinski definition) is 5. The van der Waals surface area contributed by atoms with Gasteiger partial charge < -0.3 is 20.4 Å². The van der Waals surface area contributed by atoms with Crippen molar-refractivity contribution in [1.82, 2.24) is 25.4 Å². The van der Waals surface area contributed by atoms with Gasteiger partial charge >= 0.3 is 0 Å². The van der Waals surface area contributed by atoms with Gasteiger partial charge in [0, 0.05) is 71.1 Å². The fourth-order valence-electron chi connectivity index (χ4n) is 4.03. The van der Waals surface area contributed by atoms with Gasteiger partial charge in [-0.05, 0) is 44.0 Å². The van der Waals surface area contributed by atoms with Crippen molar-refractivity contribution in [2.75, 3.05) is 58.3 Å². The molecule has 2 N–H and O–H groups in total. The van der Waals surface area contributed by atoms with Crippen molar-refractivity contribution in [3.63, 3.8) is 0 Å². The van der Waals surface area contributed by atoms with Gasteiger partial charge in [0.1, 0.15) is 5.82 Å². The molecule has 3 aliphatic rings. The van der Waals surface area contributed by atoms with Gasteiger partial charge in [0.25, 0.3) is 0 Å². The molecule has 8 heteroatoms. The molecular formula is C20H34IN7. The monoisotopic (exact) mass is 499 g/mol. The molecule has 1 saturated carbocycles. The van der Waals surface area contributed by atoms with Gasteiger partial charge in [0.2, 0.25) is 0 Å². The van der Waals surface area contributed by atoms with Crippen LogP contribution in [-0.4, -0.2) is 86.2 Å². The maximum Gasteiger partial charge on any atom is 0.191 e. The van der Waals surface area contributed by atoms with E-state index in [1.165, 1.54) is 31.4 Å². The Bertz CT molecular complexity index is 656. The molecule has 156 valence electrons. The van der Waals surface area contributed by atoms with Gasteiger partial charge in [-0.2, -0.15) is 0 Å². The Kier molecular flexibility index (Phi) is 7.76. The number of aliphatic imine (C=N–C) groups is 1. The molecule has 0 aromatic carbocycles. The molecule has 1 unspecified atom stereocenters. The van der Waals surface area contributed by atoms with Crippen LogP contribution in [0.4, 0.5) is 5.82 Å². The number of halogens is 1. The normalized spacial score (nSPS) is 24.1. The lowest BCUT2D eigenvalue weighted by atomic mass is 10.2. The minimum atomic E-state index is 0. The van der Waals surface area contributed by atoms with E-state index in [9.17, 15) is 0 Å². The van der Waals surface area contributed by atoms with Gasteiger partial charge in [0.15, 0.2) is 5.96 Å². The number of piperazine rings is 1. The number of likely N-dealkylation sites (tertiary alicyclic amines) is 1. The van der Waals surface area contributed by atoms with Gasteiger partial charge in [-0.1, -0.05) is 0 Å². The van der Waals surface area contributed by atoms with E-state index in [-0.39, 0.29) is 24.0 Å². The Labute approximate surface area is 186 Å². The molecule has 1 aromatic rings. The van der Waals surface area contributed by atoms with Crippen LogP contribution in [0.2, 0.25) is 0 Å². The van der Waals surface area contributed by atoms with Crippen LogP contribution in [0.5, 0.6) is 0 Å². The lowest BCUT2D eigenvalue weighted by molar-refractivity contribution is 0.312. The Morgan fingerprint density at radius 1 is 1.18 bits per heavy atom. The van der Waals surface area contributed by atoms with Crippen molar-refractivity contribution in [2.45, 2.75) is 37.9 Å². The minimum absolute atomic E-state index is 0. The summed E-state index contributed by atoms with van der Waals surface area (Å²) >= 11 is 0. The summed E-state index contributed by atoms with van der Waals surface area (Å²) in [7, 11) is 4.03. The molecule has 0 spiro atoms. The van der Waals surface area contributed by atoms with E-state index in [0.717, 1.165) is 57.1 Å². The van der Waals surface area contributed by atoms with Gasteiger partial charge in [-0.3, -0.25) is 9.89 Å². The highest BCUT2D eigenvalue weighted by Crippen LogP contribution is 2.29. The quantitative estimate of drug-likeness (QED) is 0.363. The van der Waals surface area contributed by atoms with Crippen molar-refractivity contribution < 1.29 is 0 Å². The standard InChI is InChI=1S/C20H33N7.HI/c1-21-20(24-17-6-8-27(15-17)18-3-4-18)23-14-16-5-7-22-19(13-16)26-11-9-25(2)10-12-26;/h5,7,13,17-18H,3-4,6,8-12,14-15H2,1-2H3,(H2,21,23,24);1H. The number of guanidine groups is 1. The summed E-state index contributed by atoms with van der Waals surface area (Å²) in [6.45, 7) is 7.42. The SMILES string of the molecule is CN=C(NCc1ccnc(N2CCN(C)CC2)c1)NC1CCN(C2CC2)C1.I. The largest absolute Gasteiger partial charge is 0.354 e. The molecular weight excluding hydrogens is 465 g/mol. The van der Waals surface area contributed by atoms with Crippen molar-refractivity contribution in [1.29, 1.82) is 0 Å². The van der Waals surface area contributed by atoms with Crippen LogP contribution in [-0.2, 0) is 6.54 Å². The van der Waals surface area contributed by atoms with Crippen molar-refractivity contribution >= 4 is 35.8 Å². The first-order valence-corrected chi connectivity index (χ1v) is 10.3. The molecule has 4 rings (SSSR count). The Morgan fingerprint density at radius 2 is 1.96 bits per heavy atom. The number of aromatic nitrogens is 1. The number of likely N-dealkylation sites (N-methyl/N-ethyl adjacent to an activating group) is 1. The third-order valence-corrected chi connectivity index (χ3v) is 5.94. The molecule has 2 saturated heterocycles. The van der Waals surface area contributed by atoms with Crippen LogP contribution in [0.1, 0.15) is 24.8 Å². The lowest BCUT2D eigenvalue weighted by Crippen LogP contribution is -2.45. The summed E-state index contributed by atoms with van der Waals surface area (Å²) in [5, 5.41) is 7.07. The predicted molar refractivity (Wildman–Crippen MR) is 126 cm³/mol. The first-order valence-electron chi connectivity index (χ1n) is 10.3. The molecule has 2 aliphatic heterocycles. The van der Waals surface area contributed by atoms with Crippen LogP contribution >= 0.6 is 24.0 Å². The number of rotatable bonds is 5. The minimum Gasteiger partial charge on any atom is -0.354 e. The van der Waals surface area contributed by atoms with Crippen LogP contribution in [0.3, 0.4) is 0 Å². The van der Waals surface area contributed by atoms with Crippen LogP contribution in [0.15, 0.2) is 23.3 Å². The molecule has 0 radical (unpaired) electrons. The second-order valence-electron chi connectivity index (χ2n) is 8.09. The van der Waals surface area contributed by atoms with E-state index in [1.54, 1.807) is 0 Å². The van der Waals surface area contributed by atoms with E-state index in [2.05, 4.69) is 54.5 Å². The number of nitrogens with one attached hydrogen (secondary N) is 2. The summed E-state index contributed by atoms with van der Waals surface area (Å²) in [6, 6.07) is 5.66. The van der Waals surface area contributed by atoms with Crippen LogP contribution in [0.25, 0.3) is 0 Å². The maximum absolute atomic E-state index is 4.58. The van der Waals surface area contributed by atoms with E-state index in [4.69, 9.17) is 0 Å². The average Bonchev–Trinajstić information content (AvgIpc) is 3.45. The Hall–Kier alpha value is -1.13. The lowest BCUT2D eigenvalue weighted by Gasteiger charge is -2.33. The summed E-state index contributed by atoms with van der Waals surface area (Å²) in [6.07, 6.45) is 5.90. The molecule has 3 heterocycles. The van der Waals surface area contributed by atoms with E-state index in [1.807, 2.05) is 13.2 Å². The van der Waals surface area contributed by atoms with Crippen molar-refractivity contribution in [3.8, 4) is 0 Å². The summed E-state index contributed by atoms with van der Waals surface area (Å²) in [5.74, 6) is 1.98. The Morgan fingerprint density at radius 3 is 2.68 bits per heavy atom. The van der Waals surface area contributed by atoms with Gasteiger partial charge in [-0.15, -0.1) is 24.0 Å². The molecule has 1 aromatic heterocycles. The summed E-state index contributed by atoms with van der Waals surface area (Å²) in [4.78, 5) is 16.4. The molecule has 7 nitrogen and oxygen atoms in total. The number of anilines is 1. The van der Waals surface area contributed by atoms with E-state index >= 15 is 0 Å². The van der Waals surface area contributed by atoms with Crippen molar-refractivity contribution in [3.05, 3.63) is 23.9 Å². The maximum atomic E-state index is 4.58. The molecule has 1 aliphatic carbocycles. The number of nitrogens with zero attached hydrogens (tertiary/aromatic N) is 5. The smallest absolute Gasteiger partial charge is 0.191 e. The van der Waals surface area contributed by atoms with Gasteiger partial charge in [0.05, 0.1) is 0 Å². The average molecular weight is 499 g/mol. The topological polar surface area (TPSA) is 59.0 Å². The fourth-order valence-corrected chi connectivity index (χ4v) is 4.03. The first kappa shape index (κ1) is 21.6. The first-order chi connectivity index (χ1) is 13.2. The zero-order valence-electron chi connectivity index (χ0n) is 17.1. The van der Waals surface area contributed by atoms with E-state index < -0.39 is 0 Å². The molecule has 0 bridgehead atoms. The zero-order valence-corrected chi connectivity index (χ0v) is 19.4. The highest BCUT2D eigenvalue weighted by molar-refractivity contribution is 14.0. The van der Waals surface area contributed by atoms with Crippen LogP contribution < -0.4 is 15.5 Å². The molecule has 0 amide bonds. The number of pyridine rings is 1. The van der Waals surface area contributed by atoms with Crippen molar-refractivity contribution in [2.24, 2.45) is 4.99 Å². The molecule has 3 fully saturated rings. The Balaban J connectivity index is 0.00000225. The summed E-state index contributed by atoms with van der Waals surface area (Å²) < 4.78 is 0. The second kappa shape index (κ2) is 10.1. The van der Waals surface area contributed by atoms with Gasteiger partial charge in [-0.25, -0.2) is 4.98 Å². The fraction of sp³-hybridized carbons (Fsp3) is 0.700.